The summed E-state index contributed by atoms with van der Waals surface area (Å²) in [5, 5.41) is 7.85. The van der Waals surface area contributed by atoms with E-state index in [4.69, 9.17) is 9.72 Å². The van der Waals surface area contributed by atoms with Crippen LogP contribution in [0.2, 0.25) is 0 Å². The molecule has 0 radical (unpaired) electrons. The Balaban J connectivity index is 1.78. The van der Waals surface area contributed by atoms with Crippen molar-refractivity contribution in [3.8, 4) is 11.3 Å². The average molecular weight is 468 g/mol. The largest absolute Gasteiger partial charge is 0.453 e. The number of nitrogens with zero attached hydrogens (tertiary/aromatic N) is 3. The van der Waals surface area contributed by atoms with E-state index in [2.05, 4.69) is 15.8 Å². The first-order valence-corrected chi connectivity index (χ1v) is 11.1. The number of halogens is 2. The second kappa shape index (κ2) is 9.91. The predicted molar refractivity (Wildman–Crippen MR) is 126 cm³/mol. The van der Waals surface area contributed by atoms with Crippen molar-refractivity contribution >= 4 is 23.9 Å². The van der Waals surface area contributed by atoms with Gasteiger partial charge in [0, 0.05) is 30.1 Å². The molecule has 1 aliphatic heterocycles. The number of hydrogen-bond acceptors (Lipinski definition) is 6. The molecule has 1 atom stereocenters. The molecule has 9 heteroatoms. The van der Waals surface area contributed by atoms with Gasteiger partial charge in [0.2, 0.25) is 6.23 Å². The maximum atomic E-state index is 13.9. The molecule has 2 heterocycles. The Morgan fingerprint density at radius 1 is 1.18 bits per heavy atom. The fourth-order valence-electron chi connectivity index (χ4n) is 3.33. The van der Waals surface area contributed by atoms with Gasteiger partial charge in [-0.2, -0.15) is 0 Å². The van der Waals surface area contributed by atoms with Crippen LogP contribution in [0.1, 0.15) is 24.5 Å². The lowest BCUT2D eigenvalue weighted by atomic mass is 10.1. The van der Waals surface area contributed by atoms with Gasteiger partial charge in [0.15, 0.2) is 23.9 Å². The molecule has 2 N–H and O–H groups in total. The normalized spacial score (nSPS) is 15.7. The van der Waals surface area contributed by atoms with E-state index in [0.717, 1.165) is 33.6 Å². The zero-order chi connectivity index (χ0) is 23.4. The van der Waals surface area contributed by atoms with Gasteiger partial charge in [-0.05, 0) is 31.2 Å². The van der Waals surface area contributed by atoms with Crippen LogP contribution in [0.15, 0.2) is 75.7 Å². The summed E-state index contributed by atoms with van der Waals surface area (Å²) in [7, 11) is 3.73. The molecule has 170 valence electrons. The van der Waals surface area contributed by atoms with Crippen LogP contribution >= 0.6 is 11.8 Å². The molecular weight excluding hydrogens is 444 g/mol. The fraction of sp³-hybridized carbons (Fsp3) is 0.167. The smallest absolute Gasteiger partial charge is 0.212 e. The van der Waals surface area contributed by atoms with Gasteiger partial charge in [0.1, 0.15) is 10.7 Å². The van der Waals surface area contributed by atoms with Crippen molar-refractivity contribution in [2.75, 3.05) is 7.05 Å². The highest BCUT2D eigenvalue weighted by atomic mass is 32.2. The van der Waals surface area contributed by atoms with Crippen molar-refractivity contribution in [2.45, 2.75) is 23.1 Å². The van der Waals surface area contributed by atoms with Crippen molar-refractivity contribution in [1.82, 2.24) is 20.3 Å². The first-order chi connectivity index (χ1) is 16.0. The van der Waals surface area contributed by atoms with Crippen LogP contribution in [-0.2, 0) is 11.8 Å². The lowest BCUT2D eigenvalue weighted by molar-refractivity contribution is 0.199. The fourth-order valence-corrected chi connectivity index (χ4v) is 4.34. The van der Waals surface area contributed by atoms with E-state index in [1.54, 1.807) is 6.07 Å². The van der Waals surface area contributed by atoms with E-state index in [1.807, 2.05) is 68.1 Å². The molecular formula is C24H23F2N5OS. The number of rotatable bonds is 7. The average Bonchev–Trinajstić information content (AvgIpc) is 3.47. The Bertz CT molecular complexity index is 1230. The standard InChI is InChI=1S/C24H23F2N5OS/c1-4-5-6-20(27-2)22-29-21(15-7-9-16(10-8-15)23-30-28-14-32-23)24(31(22)3)33-17-11-12-18(25)19(26)13-17/h4-14,23,27,30H,1-3H3/b5-4-,20-6-. The van der Waals surface area contributed by atoms with E-state index >= 15 is 0 Å². The molecule has 4 rings (SSSR count). The topological polar surface area (TPSA) is 63.5 Å². The quantitative estimate of drug-likeness (QED) is 0.467. The molecule has 0 fully saturated rings. The predicted octanol–water partition coefficient (Wildman–Crippen LogP) is 5.21. The third-order valence-corrected chi connectivity index (χ3v) is 6.19. The van der Waals surface area contributed by atoms with Gasteiger partial charge in [0.25, 0.3) is 0 Å². The number of benzene rings is 2. The molecule has 1 aromatic heterocycles. The van der Waals surface area contributed by atoms with Crippen molar-refractivity contribution < 1.29 is 13.5 Å². The van der Waals surface area contributed by atoms with Gasteiger partial charge in [-0.1, -0.05) is 48.2 Å². The van der Waals surface area contributed by atoms with E-state index in [0.29, 0.717) is 10.7 Å². The van der Waals surface area contributed by atoms with E-state index in [1.165, 1.54) is 24.2 Å². The first kappa shape index (κ1) is 22.6. The third-order valence-electron chi connectivity index (χ3n) is 5.04. The second-order valence-corrected chi connectivity index (χ2v) is 8.25. The second-order valence-electron chi connectivity index (χ2n) is 7.18. The minimum atomic E-state index is -0.886. The van der Waals surface area contributed by atoms with Crippen LogP contribution in [0.4, 0.5) is 8.78 Å². The molecule has 0 bridgehead atoms. The molecule has 0 saturated heterocycles. The number of aromatic nitrogens is 2. The number of hydrogen-bond donors (Lipinski definition) is 2. The van der Waals surface area contributed by atoms with Gasteiger partial charge in [0.05, 0.1) is 5.70 Å². The van der Waals surface area contributed by atoms with Crippen molar-refractivity contribution in [3.63, 3.8) is 0 Å². The maximum absolute atomic E-state index is 13.9. The van der Waals surface area contributed by atoms with E-state index < -0.39 is 11.6 Å². The first-order valence-electron chi connectivity index (χ1n) is 10.3. The van der Waals surface area contributed by atoms with Gasteiger partial charge in [-0.3, -0.25) is 5.43 Å². The summed E-state index contributed by atoms with van der Waals surface area (Å²) in [6.07, 6.45) is 6.84. The summed E-state index contributed by atoms with van der Waals surface area (Å²) in [6.45, 7) is 1.94. The lowest BCUT2D eigenvalue weighted by Gasteiger charge is -2.11. The zero-order valence-electron chi connectivity index (χ0n) is 18.3. The molecule has 0 saturated carbocycles. The van der Waals surface area contributed by atoms with Crippen LogP contribution in [0.3, 0.4) is 0 Å². The SMILES string of the molecule is C/C=C\C=C(/NC)c1nc(-c2ccc(C3NN=CO3)cc2)c(Sc2ccc(F)c(F)c2)n1C. The zero-order valence-corrected chi connectivity index (χ0v) is 19.2. The van der Waals surface area contributed by atoms with Crippen LogP contribution in [0.25, 0.3) is 17.0 Å². The minimum Gasteiger partial charge on any atom is -0.453 e. The van der Waals surface area contributed by atoms with Crippen LogP contribution < -0.4 is 10.7 Å². The Morgan fingerprint density at radius 3 is 2.61 bits per heavy atom. The number of allylic oxidation sites excluding steroid dienone is 3. The van der Waals surface area contributed by atoms with Gasteiger partial charge < -0.3 is 14.6 Å². The summed E-state index contributed by atoms with van der Waals surface area (Å²) >= 11 is 1.32. The summed E-state index contributed by atoms with van der Waals surface area (Å²) in [5.41, 5.74) is 6.23. The summed E-state index contributed by atoms with van der Waals surface area (Å²) < 4.78 is 34.7. The molecule has 33 heavy (non-hydrogen) atoms. The lowest BCUT2D eigenvalue weighted by Crippen LogP contribution is -2.10. The van der Waals surface area contributed by atoms with E-state index in [-0.39, 0.29) is 6.23 Å². The number of hydrazone groups is 1. The minimum absolute atomic E-state index is 0.325. The van der Waals surface area contributed by atoms with Crippen LogP contribution in [-0.4, -0.2) is 23.0 Å². The molecule has 3 aromatic rings. The Labute approximate surface area is 195 Å². The Kier molecular flexibility index (Phi) is 6.79. The van der Waals surface area contributed by atoms with Crippen LogP contribution in [0.5, 0.6) is 0 Å². The number of nitrogens with one attached hydrogen (secondary N) is 2. The summed E-state index contributed by atoms with van der Waals surface area (Å²) in [4.78, 5) is 5.48. The summed E-state index contributed by atoms with van der Waals surface area (Å²) in [6, 6.07) is 11.7. The highest BCUT2D eigenvalue weighted by Gasteiger charge is 2.21. The van der Waals surface area contributed by atoms with Crippen molar-refractivity contribution in [1.29, 1.82) is 0 Å². The summed E-state index contributed by atoms with van der Waals surface area (Å²) in [5.74, 6) is -1.04. The Morgan fingerprint density at radius 2 is 1.97 bits per heavy atom. The van der Waals surface area contributed by atoms with Gasteiger partial charge >= 0.3 is 0 Å². The highest BCUT2D eigenvalue weighted by Crippen LogP contribution is 2.38. The van der Waals surface area contributed by atoms with Gasteiger partial charge in [-0.15, -0.1) is 5.10 Å². The number of ether oxygens (including phenoxy) is 1. The third kappa shape index (κ3) is 4.78. The highest BCUT2D eigenvalue weighted by molar-refractivity contribution is 7.99. The Hall–Kier alpha value is -3.59. The molecule has 1 aliphatic rings. The van der Waals surface area contributed by atoms with E-state index in [9.17, 15) is 8.78 Å². The molecule has 1 unspecified atom stereocenters. The molecule has 2 aromatic carbocycles. The van der Waals surface area contributed by atoms with Gasteiger partial charge in [-0.25, -0.2) is 13.8 Å². The maximum Gasteiger partial charge on any atom is 0.212 e. The number of imidazole rings is 1. The molecule has 0 amide bonds. The van der Waals surface area contributed by atoms with Crippen molar-refractivity contribution in [2.24, 2.45) is 12.1 Å². The molecule has 0 aliphatic carbocycles. The van der Waals surface area contributed by atoms with Crippen molar-refractivity contribution in [3.05, 3.63) is 83.7 Å². The van der Waals surface area contributed by atoms with Crippen LogP contribution in [0, 0.1) is 11.6 Å². The molecule has 0 spiro atoms. The monoisotopic (exact) mass is 467 g/mol. The molecule has 6 nitrogen and oxygen atoms in total.